The van der Waals surface area contributed by atoms with Gasteiger partial charge in [-0.3, -0.25) is 9.69 Å². The van der Waals surface area contributed by atoms with Crippen molar-refractivity contribution in [3.05, 3.63) is 89.5 Å². The Balaban J connectivity index is 1.56. The van der Waals surface area contributed by atoms with Crippen LogP contribution in [0.15, 0.2) is 72.8 Å². The van der Waals surface area contributed by atoms with Gasteiger partial charge in [-0.15, -0.1) is 0 Å². The van der Waals surface area contributed by atoms with Crippen molar-refractivity contribution in [2.24, 2.45) is 0 Å². The van der Waals surface area contributed by atoms with E-state index in [1.165, 1.54) is 11.1 Å². The van der Waals surface area contributed by atoms with Gasteiger partial charge >= 0.3 is 0 Å². The predicted molar refractivity (Wildman–Crippen MR) is 163 cm³/mol. The van der Waals surface area contributed by atoms with Crippen LogP contribution in [0.25, 0.3) is 0 Å². The summed E-state index contributed by atoms with van der Waals surface area (Å²) >= 11 is 0. The SMILES string of the molecule is CCN(CC)CCOc1ccccc1CN1CCCCCCN(C(=O)c2cccc(OC)c2)c2ccccc2C1. The van der Waals surface area contributed by atoms with E-state index in [9.17, 15) is 4.79 Å². The standard InChI is InChI=1S/C34H45N3O3/c1-4-35(5-2)23-24-40-33-20-11-9-16-30(33)27-36-21-12-6-7-13-22-37(32-19-10-8-15-29(32)26-36)34(38)28-17-14-18-31(25-28)39-3/h8-11,14-20,25H,4-7,12-13,21-24,26-27H2,1-3H3. The lowest BCUT2D eigenvalue weighted by molar-refractivity contribution is 0.0986. The zero-order valence-corrected chi connectivity index (χ0v) is 24.5. The van der Waals surface area contributed by atoms with Crippen LogP contribution < -0.4 is 14.4 Å². The lowest BCUT2D eigenvalue weighted by Gasteiger charge is -2.28. The third-order valence-corrected chi connectivity index (χ3v) is 7.77. The molecule has 0 radical (unpaired) electrons. The molecule has 1 amide bonds. The van der Waals surface area contributed by atoms with Crippen LogP contribution in [0.2, 0.25) is 0 Å². The highest BCUT2D eigenvalue weighted by Gasteiger charge is 2.22. The minimum Gasteiger partial charge on any atom is -0.497 e. The molecule has 3 aromatic rings. The number of likely N-dealkylation sites (N-methyl/N-ethyl adjacent to an activating group) is 1. The van der Waals surface area contributed by atoms with Gasteiger partial charge in [0.25, 0.3) is 5.91 Å². The average molecular weight is 544 g/mol. The smallest absolute Gasteiger partial charge is 0.258 e. The first-order chi connectivity index (χ1) is 19.6. The summed E-state index contributed by atoms with van der Waals surface area (Å²) in [6, 6.07) is 24.3. The molecule has 1 aliphatic rings. The summed E-state index contributed by atoms with van der Waals surface area (Å²) in [6.07, 6.45) is 4.36. The Bertz CT molecular complexity index is 1210. The van der Waals surface area contributed by atoms with Gasteiger partial charge in [0.15, 0.2) is 0 Å². The van der Waals surface area contributed by atoms with Crippen LogP contribution in [0.1, 0.15) is 61.0 Å². The van der Waals surface area contributed by atoms with Crippen molar-refractivity contribution in [1.82, 2.24) is 9.80 Å². The van der Waals surface area contributed by atoms with Crippen molar-refractivity contribution in [2.45, 2.75) is 52.6 Å². The number of nitrogens with zero attached hydrogens (tertiary/aromatic N) is 3. The van der Waals surface area contributed by atoms with Crippen LogP contribution in [0.3, 0.4) is 0 Å². The molecule has 0 atom stereocenters. The molecule has 1 heterocycles. The molecule has 1 aliphatic heterocycles. The van der Waals surface area contributed by atoms with Crippen molar-refractivity contribution in [3.8, 4) is 11.5 Å². The summed E-state index contributed by atoms with van der Waals surface area (Å²) in [7, 11) is 1.63. The van der Waals surface area contributed by atoms with Gasteiger partial charge in [0.05, 0.1) is 7.11 Å². The molecule has 0 aromatic heterocycles. The Labute approximate surface area is 240 Å². The van der Waals surface area contributed by atoms with Gasteiger partial charge in [-0.05, 0) is 68.4 Å². The normalized spacial score (nSPS) is 14.8. The van der Waals surface area contributed by atoms with Gasteiger partial charge in [0.1, 0.15) is 18.1 Å². The first kappa shape index (κ1) is 29.6. The molecule has 6 heteroatoms. The summed E-state index contributed by atoms with van der Waals surface area (Å²) in [5, 5.41) is 0. The van der Waals surface area contributed by atoms with E-state index >= 15 is 0 Å². The molecule has 0 unspecified atom stereocenters. The molecular weight excluding hydrogens is 498 g/mol. The maximum absolute atomic E-state index is 13.8. The van der Waals surface area contributed by atoms with E-state index in [0.29, 0.717) is 24.5 Å². The minimum absolute atomic E-state index is 0.0177. The number of benzene rings is 3. The monoisotopic (exact) mass is 543 g/mol. The van der Waals surface area contributed by atoms with E-state index < -0.39 is 0 Å². The summed E-state index contributed by atoms with van der Waals surface area (Å²) < 4.78 is 11.7. The molecule has 3 aromatic carbocycles. The van der Waals surface area contributed by atoms with Crippen molar-refractivity contribution >= 4 is 11.6 Å². The molecule has 6 nitrogen and oxygen atoms in total. The zero-order chi connectivity index (χ0) is 28.2. The van der Waals surface area contributed by atoms with Crippen LogP contribution in [0.4, 0.5) is 5.69 Å². The van der Waals surface area contributed by atoms with Crippen LogP contribution in [-0.4, -0.2) is 62.1 Å². The van der Waals surface area contributed by atoms with Crippen molar-refractivity contribution in [1.29, 1.82) is 0 Å². The Morgan fingerprint density at radius 3 is 2.42 bits per heavy atom. The highest BCUT2D eigenvalue weighted by atomic mass is 16.5. The Kier molecular flexibility index (Phi) is 11.4. The molecule has 0 N–H and O–H groups in total. The van der Waals surface area contributed by atoms with Gasteiger partial charge in [-0.2, -0.15) is 0 Å². The number of fused-ring (bicyclic) bond motifs is 1. The van der Waals surface area contributed by atoms with E-state index in [-0.39, 0.29) is 5.91 Å². The third kappa shape index (κ3) is 8.09. The van der Waals surface area contributed by atoms with Gasteiger partial charge < -0.3 is 19.3 Å². The lowest BCUT2D eigenvalue weighted by Crippen LogP contribution is -2.33. The summed E-state index contributed by atoms with van der Waals surface area (Å²) in [6.45, 7) is 11.3. The fraction of sp³-hybridized carbons (Fsp3) is 0.441. The van der Waals surface area contributed by atoms with Crippen molar-refractivity contribution in [3.63, 3.8) is 0 Å². The minimum atomic E-state index is 0.0177. The number of rotatable bonds is 10. The fourth-order valence-electron chi connectivity index (χ4n) is 5.41. The van der Waals surface area contributed by atoms with Gasteiger partial charge in [0, 0.05) is 43.0 Å². The molecule has 0 bridgehead atoms. The largest absolute Gasteiger partial charge is 0.497 e. The van der Waals surface area contributed by atoms with E-state index in [0.717, 1.165) is 76.4 Å². The van der Waals surface area contributed by atoms with E-state index in [2.05, 4.69) is 66.1 Å². The Hall–Kier alpha value is -3.35. The number of hydrogen-bond acceptors (Lipinski definition) is 5. The van der Waals surface area contributed by atoms with Gasteiger partial charge in [-0.1, -0.05) is 69.2 Å². The molecule has 0 spiro atoms. The average Bonchev–Trinajstić information content (AvgIpc) is 3.03. The van der Waals surface area contributed by atoms with Crippen LogP contribution >= 0.6 is 0 Å². The van der Waals surface area contributed by atoms with Crippen LogP contribution in [0, 0.1) is 0 Å². The van der Waals surface area contributed by atoms with Crippen molar-refractivity contribution < 1.29 is 14.3 Å². The summed E-state index contributed by atoms with van der Waals surface area (Å²) in [5.74, 6) is 1.68. The second-order valence-corrected chi connectivity index (χ2v) is 10.4. The molecule has 40 heavy (non-hydrogen) atoms. The van der Waals surface area contributed by atoms with Gasteiger partial charge in [-0.25, -0.2) is 0 Å². The fourth-order valence-corrected chi connectivity index (χ4v) is 5.41. The molecule has 0 aliphatic carbocycles. The topological polar surface area (TPSA) is 45.2 Å². The number of carbonyl (C=O) groups excluding carboxylic acids is 1. The molecule has 0 saturated heterocycles. The van der Waals surface area contributed by atoms with Crippen molar-refractivity contribution in [2.75, 3.05) is 51.3 Å². The quantitative estimate of drug-likeness (QED) is 0.287. The number of methoxy groups -OCH3 is 1. The lowest BCUT2D eigenvalue weighted by atomic mass is 10.1. The number of carbonyl (C=O) groups is 1. The number of para-hydroxylation sites is 2. The van der Waals surface area contributed by atoms with Crippen LogP contribution in [0.5, 0.6) is 11.5 Å². The number of amides is 1. The molecule has 0 fully saturated rings. The predicted octanol–water partition coefficient (Wildman–Crippen LogP) is 6.64. The van der Waals surface area contributed by atoms with E-state index in [4.69, 9.17) is 9.47 Å². The molecular formula is C34H45N3O3. The third-order valence-electron chi connectivity index (χ3n) is 7.77. The highest BCUT2D eigenvalue weighted by molar-refractivity contribution is 6.06. The summed E-state index contributed by atoms with van der Waals surface area (Å²) in [4.78, 5) is 20.7. The van der Waals surface area contributed by atoms with Crippen LogP contribution in [-0.2, 0) is 13.1 Å². The molecule has 4 rings (SSSR count). The Morgan fingerprint density at radius 2 is 1.62 bits per heavy atom. The first-order valence-electron chi connectivity index (χ1n) is 14.8. The first-order valence-corrected chi connectivity index (χ1v) is 14.8. The zero-order valence-electron chi connectivity index (χ0n) is 24.5. The highest BCUT2D eigenvalue weighted by Crippen LogP contribution is 2.28. The van der Waals surface area contributed by atoms with Gasteiger partial charge in [0.2, 0.25) is 0 Å². The number of ether oxygens (including phenoxy) is 2. The second-order valence-electron chi connectivity index (χ2n) is 10.4. The van der Waals surface area contributed by atoms with E-state index in [1.807, 2.05) is 35.2 Å². The number of hydrogen-bond donors (Lipinski definition) is 0. The second kappa shape index (κ2) is 15.4. The maximum atomic E-state index is 13.8. The maximum Gasteiger partial charge on any atom is 0.258 e. The van der Waals surface area contributed by atoms with E-state index in [1.54, 1.807) is 7.11 Å². The molecule has 214 valence electrons. The Morgan fingerprint density at radius 1 is 0.875 bits per heavy atom. The molecule has 0 saturated carbocycles. The number of anilines is 1. The summed E-state index contributed by atoms with van der Waals surface area (Å²) in [5.41, 5.74) is 4.02.